The van der Waals surface area contributed by atoms with Crippen LogP contribution in [-0.2, 0) is 10.2 Å². The predicted molar refractivity (Wildman–Crippen MR) is 125 cm³/mol. The second kappa shape index (κ2) is 9.14. The van der Waals surface area contributed by atoms with Crippen LogP contribution in [0.2, 0.25) is 0 Å². The van der Waals surface area contributed by atoms with Crippen molar-refractivity contribution in [3.8, 4) is 5.75 Å². The van der Waals surface area contributed by atoms with Crippen LogP contribution in [0.4, 0.5) is 0 Å². The minimum Gasteiger partial charge on any atom is -0.497 e. The van der Waals surface area contributed by atoms with Crippen molar-refractivity contribution in [3.63, 3.8) is 0 Å². The third-order valence-corrected chi connectivity index (χ3v) is 7.78. The molecule has 32 heavy (non-hydrogen) atoms. The number of methoxy groups -OCH3 is 1. The lowest BCUT2D eigenvalue weighted by Gasteiger charge is -2.53. The topological polar surface area (TPSA) is 54.7 Å². The zero-order valence-corrected chi connectivity index (χ0v) is 19.0. The molecule has 2 aliphatic carbocycles. The molecule has 3 atom stereocenters. The van der Waals surface area contributed by atoms with Crippen molar-refractivity contribution in [2.45, 2.75) is 50.0 Å². The summed E-state index contributed by atoms with van der Waals surface area (Å²) in [5.74, 6) is 2.44. The van der Waals surface area contributed by atoms with Crippen molar-refractivity contribution in [1.29, 1.82) is 0 Å². The Hall–Kier alpha value is -2.53. The van der Waals surface area contributed by atoms with Gasteiger partial charge in [-0.1, -0.05) is 12.1 Å². The molecule has 5 rings (SSSR count). The molecule has 1 amide bonds. The lowest BCUT2D eigenvalue weighted by atomic mass is 9.58. The molecule has 170 valence electrons. The standard InChI is InChI=1S/C27H34N2O3/c1-31-25-4-2-3-22(15-25)27-12-13-29(17-20-5-6-20)18-23(27)8-9-24(16-27)28-26(30)10-7-21-11-14-32-19-21/h2-4,7,10-11,14-15,19-20,23-24H,5-6,8-9,12-13,16-18H2,1H3,(H,28,30)/t23-,24+,27+/m1/s1. The van der Waals surface area contributed by atoms with Crippen molar-refractivity contribution in [3.05, 3.63) is 60.1 Å². The lowest BCUT2D eigenvalue weighted by Crippen LogP contribution is -2.56. The van der Waals surface area contributed by atoms with E-state index in [4.69, 9.17) is 9.15 Å². The molecule has 0 spiro atoms. The number of nitrogens with zero attached hydrogens (tertiary/aromatic N) is 1. The van der Waals surface area contributed by atoms with Gasteiger partial charge in [-0.3, -0.25) is 4.79 Å². The number of hydrogen-bond donors (Lipinski definition) is 1. The highest BCUT2D eigenvalue weighted by atomic mass is 16.5. The van der Waals surface area contributed by atoms with Crippen LogP contribution < -0.4 is 10.1 Å². The van der Waals surface area contributed by atoms with Gasteiger partial charge in [-0.15, -0.1) is 0 Å². The summed E-state index contributed by atoms with van der Waals surface area (Å²) in [5.41, 5.74) is 2.37. The predicted octanol–water partition coefficient (Wildman–Crippen LogP) is 4.64. The summed E-state index contributed by atoms with van der Waals surface area (Å²) in [6.45, 7) is 3.59. The summed E-state index contributed by atoms with van der Waals surface area (Å²) in [5, 5.41) is 3.29. The number of nitrogens with one attached hydrogen (secondary N) is 1. The Bertz CT molecular complexity index is 950. The molecule has 3 aliphatic rings. The lowest BCUT2D eigenvalue weighted by molar-refractivity contribution is -0.117. The number of carbonyl (C=O) groups is 1. The molecule has 1 N–H and O–H groups in total. The van der Waals surface area contributed by atoms with Gasteiger partial charge in [0.2, 0.25) is 5.91 Å². The Labute approximate surface area is 190 Å². The molecular formula is C27H34N2O3. The Morgan fingerprint density at radius 1 is 1.28 bits per heavy atom. The van der Waals surface area contributed by atoms with Crippen LogP contribution in [0, 0.1) is 11.8 Å². The first-order chi connectivity index (χ1) is 15.6. The van der Waals surface area contributed by atoms with Crippen LogP contribution in [0.25, 0.3) is 6.08 Å². The van der Waals surface area contributed by atoms with Crippen LogP contribution in [0.3, 0.4) is 0 Å². The van der Waals surface area contributed by atoms with Gasteiger partial charge in [-0.05, 0) is 86.7 Å². The largest absolute Gasteiger partial charge is 0.497 e. The first-order valence-electron chi connectivity index (χ1n) is 12.0. The molecule has 1 aliphatic heterocycles. The third-order valence-electron chi connectivity index (χ3n) is 7.78. The van der Waals surface area contributed by atoms with E-state index in [1.54, 1.807) is 31.8 Å². The Kier molecular flexibility index (Phi) is 6.09. The molecular weight excluding hydrogens is 400 g/mol. The fourth-order valence-corrected chi connectivity index (χ4v) is 5.90. The number of rotatable bonds is 7. The van der Waals surface area contributed by atoms with E-state index < -0.39 is 0 Å². The van der Waals surface area contributed by atoms with Crippen molar-refractivity contribution >= 4 is 12.0 Å². The van der Waals surface area contributed by atoms with E-state index in [0.717, 1.165) is 49.5 Å². The summed E-state index contributed by atoms with van der Waals surface area (Å²) in [4.78, 5) is 15.3. The molecule has 2 aromatic rings. The molecule has 5 nitrogen and oxygen atoms in total. The van der Waals surface area contributed by atoms with Gasteiger partial charge < -0.3 is 19.4 Å². The van der Waals surface area contributed by atoms with Gasteiger partial charge in [0.25, 0.3) is 0 Å². The minimum absolute atomic E-state index is 0.0263. The molecule has 5 heteroatoms. The van der Waals surface area contributed by atoms with Crippen LogP contribution in [-0.4, -0.2) is 43.6 Å². The van der Waals surface area contributed by atoms with Crippen molar-refractivity contribution in [1.82, 2.24) is 10.2 Å². The number of benzene rings is 1. The van der Waals surface area contributed by atoms with Crippen LogP contribution in [0.5, 0.6) is 5.75 Å². The maximum absolute atomic E-state index is 12.6. The van der Waals surface area contributed by atoms with Crippen LogP contribution >= 0.6 is 0 Å². The van der Waals surface area contributed by atoms with E-state index in [0.29, 0.717) is 5.92 Å². The normalized spacial score (nSPS) is 28.4. The van der Waals surface area contributed by atoms with Gasteiger partial charge in [-0.25, -0.2) is 0 Å². The van der Waals surface area contributed by atoms with E-state index in [-0.39, 0.29) is 17.4 Å². The number of furan rings is 1. The zero-order valence-electron chi connectivity index (χ0n) is 19.0. The van der Waals surface area contributed by atoms with E-state index >= 15 is 0 Å². The van der Waals surface area contributed by atoms with Crippen LogP contribution in [0.15, 0.2) is 53.4 Å². The number of piperidine rings is 1. The van der Waals surface area contributed by atoms with Gasteiger partial charge in [-0.2, -0.15) is 0 Å². The van der Waals surface area contributed by atoms with Gasteiger partial charge in [0.15, 0.2) is 0 Å². The van der Waals surface area contributed by atoms with Gasteiger partial charge in [0, 0.05) is 36.2 Å². The van der Waals surface area contributed by atoms with E-state index in [2.05, 4.69) is 28.4 Å². The second-order valence-corrected chi connectivity index (χ2v) is 9.91. The molecule has 0 bridgehead atoms. The first kappa shape index (κ1) is 21.3. The zero-order chi connectivity index (χ0) is 22.0. The molecule has 1 aromatic heterocycles. The SMILES string of the molecule is COc1cccc([C@@]23CCN(CC4CC4)C[C@H]2CC[C@H](NC(=O)C=Cc2ccoc2)C3)c1. The monoisotopic (exact) mass is 434 g/mol. The average molecular weight is 435 g/mol. The van der Waals surface area contributed by atoms with Gasteiger partial charge in [0.05, 0.1) is 19.6 Å². The highest BCUT2D eigenvalue weighted by Crippen LogP contribution is 2.50. The van der Waals surface area contributed by atoms with Crippen LogP contribution in [0.1, 0.15) is 49.7 Å². The highest BCUT2D eigenvalue weighted by Gasteiger charge is 2.48. The number of hydrogen-bond acceptors (Lipinski definition) is 4. The molecule has 0 radical (unpaired) electrons. The maximum Gasteiger partial charge on any atom is 0.244 e. The Morgan fingerprint density at radius 2 is 2.19 bits per heavy atom. The summed E-state index contributed by atoms with van der Waals surface area (Å²) in [6, 6.07) is 10.7. The number of fused-ring (bicyclic) bond motifs is 1. The summed E-state index contributed by atoms with van der Waals surface area (Å²) < 4.78 is 10.6. The minimum atomic E-state index is -0.0263. The van der Waals surface area contributed by atoms with Gasteiger partial charge >= 0.3 is 0 Å². The van der Waals surface area contributed by atoms with E-state index in [1.807, 2.05) is 12.1 Å². The first-order valence-corrected chi connectivity index (χ1v) is 12.0. The quantitative estimate of drug-likeness (QED) is 0.645. The maximum atomic E-state index is 12.6. The highest BCUT2D eigenvalue weighted by molar-refractivity contribution is 5.91. The third kappa shape index (κ3) is 4.63. The molecule has 1 aromatic carbocycles. The Morgan fingerprint density at radius 3 is 2.97 bits per heavy atom. The molecule has 1 saturated heterocycles. The number of carbonyl (C=O) groups excluding carboxylic acids is 1. The summed E-state index contributed by atoms with van der Waals surface area (Å²) in [6.07, 6.45) is 13.8. The second-order valence-electron chi connectivity index (χ2n) is 9.91. The summed E-state index contributed by atoms with van der Waals surface area (Å²) in [7, 11) is 1.74. The number of ether oxygens (including phenoxy) is 1. The van der Waals surface area contributed by atoms with E-state index in [9.17, 15) is 4.79 Å². The van der Waals surface area contributed by atoms with E-state index in [1.165, 1.54) is 31.5 Å². The van der Waals surface area contributed by atoms with Gasteiger partial charge in [0.1, 0.15) is 5.75 Å². The molecule has 2 saturated carbocycles. The fraction of sp³-hybridized carbons (Fsp3) is 0.519. The molecule has 3 fully saturated rings. The molecule has 2 heterocycles. The summed E-state index contributed by atoms with van der Waals surface area (Å²) >= 11 is 0. The van der Waals surface area contributed by atoms with Crippen molar-refractivity contribution < 1.29 is 13.9 Å². The Balaban J connectivity index is 1.33. The van der Waals surface area contributed by atoms with Crippen molar-refractivity contribution in [2.24, 2.45) is 11.8 Å². The number of likely N-dealkylation sites (tertiary alicyclic amines) is 1. The fourth-order valence-electron chi connectivity index (χ4n) is 5.90. The van der Waals surface area contributed by atoms with Crippen molar-refractivity contribution in [2.75, 3.05) is 26.7 Å². The smallest absolute Gasteiger partial charge is 0.244 e. The number of amides is 1. The molecule has 0 unspecified atom stereocenters. The average Bonchev–Trinajstić information content (AvgIpc) is 3.47.